The summed E-state index contributed by atoms with van der Waals surface area (Å²) in [5, 5.41) is 2.96. The van der Waals surface area contributed by atoms with Gasteiger partial charge in [0.1, 0.15) is 5.60 Å². The van der Waals surface area contributed by atoms with Crippen LogP contribution < -0.4 is 19.7 Å². The minimum Gasteiger partial charge on any atom is -0.493 e. The molecule has 0 aromatic heterocycles. The maximum atomic E-state index is 11.9. The van der Waals surface area contributed by atoms with Crippen molar-refractivity contribution >= 4 is 11.8 Å². The van der Waals surface area contributed by atoms with Gasteiger partial charge in [0.2, 0.25) is 0 Å². The number of ether oxygens (including phenoxy) is 3. The van der Waals surface area contributed by atoms with Crippen LogP contribution in [0.1, 0.15) is 33.6 Å². The van der Waals surface area contributed by atoms with Gasteiger partial charge in [-0.3, -0.25) is 0 Å². The highest BCUT2D eigenvalue weighted by atomic mass is 16.6. The van der Waals surface area contributed by atoms with E-state index in [1.165, 1.54) is 0 Å². The fraction of sp³-hybridized carbons (Fsp3) is 0.611. The SMILES string of the molecule is COc1ccc(N2CCC(NC(=O)OC(C)(C)C)CC2)cc1OC. The van der Waals surface area contributed by atoms with Crippen molar-refractivity contribution in [3.05, 3.63) is 18.2 Å². The van der Waals surface area contributed by atoms with Gasteiger partial charge in [0.25, 0.3) is 0 Å². The molecule has 1 amide bonds. The Bertz CT molecular complexity index is 561. The molecule has 6 nitrogen and oxygen atoms in total. The van der Waals surface area contributed by atoms with Crippen molar-refractivity contribution < 1.29 is 19.0 Å². The average molecular weight is 336 g/mol. The lowest BCUT2D eigenvalue weighted by atomic mass is 10.0. The molecule has 1 aromatic carbocycles. The number of piperidine rings is 1. The monoisotopic (exact) mass is 336 g/mol. The van der Waals surface area contributed by atoms with Crippen LogP contribution in [0.5, 0.6) is 11.5 Å². The van der Waals surface area contributed by atoms with Crippen molar-refractivity contribution in [3.8, 4) is 11.5 Å². The topological polar surface area (TPSA) is 60.0 Å². The first-order chi connectivity index (χ1) is 11.3. The third-order valence-electron chi connectivity index (χ3n) is 3.95. The third kappa shape index (κ3) is 4.94. The highest BCUT2D eigenvalue weighted by molar-refractivity contribution is 5.68. The summed E-state index contributed by atoms with van der Waals surface area (Å²) in [6.07, 6.45) is 1.42. The molecular weight excluding hydrogens is 308 g/mol. The second kappa shape index (κ2) is 7.64. The summed E-state index contributed by atoms with van der Waals surface area (Å²) in [7, 11) is 3.27. The molecule has 1 aromatic rings. The standard InChI is InChI=1S/C18H28N2O4/c1-18(2,3)24-17(21)19-13-8-10-20(11-9-13)14-6-7-15(22-4)16(12-14)23-5/h6-7,12-13H,8-11H2,1-5H3,(H,19,21). The second-order valence-electron chi connectivity index (χ2n) is 6.95. The van der Waals surface area contributed by atoms with Crippen LogP contribution in [0, 0.1) is 0 Å². The van der Waals surface area contributed by atoms with Crippen molar-refractivity contribution in [1.29, 1.82) is 0 Å². The van der Waals surface area contributed by atoms with E-state index in [-0.39, 0.29) is 12.1 Å². The Labute approximate surface area is 144 Å². The van der Waals surface area contributed by atoms with Gasteiger partial charge in [0, 0.05) is 30.9 Å². The Morgan fingerprint density at radius 3 is 2.29 bits per heavy atom. The molecule has 0 unspecified atom stereocenters. The van der Waals surface area contributed by atoms with E-state index in [0.717, 1.165) is 43.1 Å². The molecule has 6 heteroatoms. The molecule has 1 fully saturated rings. The van der Waals surface area contributed by atoms with E-state index in [1.54, 1.807) is 14.2 Å². The molecule has 0 bridgehead atoms. The van der Waals surface area contributed by atoms with Crippen LogP contribution in [0.25, 0.3) is 0 Å². The number of methoxy groups -OCH3 is 2. The second-order valence-corrected chi connectivity index (χ2v) is 6.95. The molecule has 2 rings (SSSR count). The van der Waals surface area contributed by atoms with Crippen LogP contribution in [-0.2, 0) is 4.74 Å². The van der Waals surface area contributed by atoms with Crippen molar-refractivity contribution in [3.63, 3.8) is 0 Å². The molecule has 134 valence electrons. The number of amides is 1. The van der Waals surface area contributed by atoms with E-state index in [9.17, 15) is 4.79 Å². The summed E-state index contributed by atoms with van der Waals surface area (Å²) < 4.78 is 16.0. The number of anilines is 1. The number of nitrogens with one attached hydrogen (secondary N) is 1. The van der Waals surface area contributed by atoms with Crippen molar-refractivity contribution in [2.75, 3.05) is 32.2 Å². The smallest absolute Gasteiger partial charge is 0.407 e. The van der Waals surface area contributed by atoms with Crippen molar-refractivity contribution in [1.82, 2.24) is 5.32 Å². The molecular formula is C18H28N2O4. The van der Waals surface area contributed by atoms with Gasteiger partial charge in [-0.25, -0.2) is 4.79 Å². The molecule has 1 saturated heterocycles. The van der Waals surface area contributed by atoms with Gasteiger partial charge in [-0.05, 0) is 45.7 Å². The molecule has 0 saturated carbocycles. The largest absolute Gasteiger partial charge is 0.493 e. The molecule has 1 heterocycles. The zero-order valence-electron chi connectivity index (χ0n) is 15.2. The van der Waals surface area contributed by atoms with Crippen LogP contribution in [-0.4, -0.2) is 45.0 Å². The fourth-order valence-electron chi connectivity index (χ4n) is 2.78. The van der Waals surface area contributed by atoms with Crippen LogP contribution >= 0.6 is 0 Å². The maximum Gasteiger partial charge on any atom is 0.407 e. The number of carbonyl (C=O) groups is 1. The molecule has 0 atom stereocenters. The van der Waals surface area contributed by atoms with E-state index in [0.29, 0.717) is 0 Å². The summed E-state index contributed by atoms with van der Waals surface area (Å²) in [5.41, 5.74) is 0.633. The average Bonchev–Trinajstić information content (AvgIpc) is 2.53. The fourth-order valence-corrected chi connectivity index (χ4v) is 2.78. The maximum absolute atomic E-state index is 11.9. The minimum absolute atomic E-state index is 0.149. The molecule has 1 aliphatic rings. The van der Waals surface area contributed by atoms with Gasteiger partial charge in [-0.1, -0.05) is 0 Å². The lowest BCUT2D eigenvalue weighted by Gasteiger charge is -2.34. The zero-order chi connectivity index (χ0) is 17.7. The van der Waals surface area contributed by atoms with Gasteiger partial charge < -0.3 is 24.4 Å². The number of alkyl carbamates (subject to hydrolysis) is 1. The van der Waals surface area contributed by atoms with E-state index in [2.05, 4.69) is 10.2 Å². The predicted molar refractivity (Wildman–Crippen MR) is 94.2 cm³/mol. The first-order valence-electron chi connectivity index (χ1n) is 8.29. The molecule has 0 radical (unpaired) electrons. The van der Waals surface area contributed by atoms with Crippen LogP contribution in [0.3, 0.4) is 0 Å². The first kappa shape index (κ1) is 18.2. The quantitative estimate of drug-likeness (QED) is 0.915. The number of rotatable bonds is 4. The van der Waals surface area contributed by atoms with E-state index >= 15 is 0 Å². The van der Waals surface area contributed by atoms with Gasteiger partial charge in [0.15, 0.2) is 11.5 Å². The molecule has 1 aliphatic heterocycles. The van der Waals surface area contributed by atoms with Gasteiger partial charge >= 0.3 is 6.09 Å². The Morgan fingerprint density at radius 2 is 1.75 bits per heavy atom. The third-order valence-corrected chi connectivity index (χ3v) is 3.95. The number of carbonyl (C=O) groups excluding carboxylic acids is 1. The highest BCUT2D eigenvalue weighted by Gasteiger charge is 2.24. The highest BCUT2D eigenvalue weighted by Crippen LogP contribution is 2.32. The van der Waals surface area contributed by atoms with Crippen molar-refractivity contribution in [2.45, 2.75) is 45.3 Å². The summed E-state index contributed by atoms with van der Waals surface area (Å²) >= 11 is 0. The van der Waals surface area contributed by atoms with Crippen LogP contribution in [0.15, 0.2) is 18.2 Å². The minimum atomic E-state index is -0.468. The van der Waals surface area contributed by atoms with Gasteiger partial charge in [-0.2, -0.15) is 0 Å². The van der Waals surface area contributed by atoms with E-state index in [1.807, 2.05) is 39.0 Å². The summed E-state index contributed by atoms with van der Waals surface area (Å²) in [4.78, 5) is 14.1. The van der Waals surface area contributed by atoms with Gasteiger partial charge in [-0.15, -0.1) is 0 Å². The summed E-state index contributed by atoms with van der Waals surface area (Å²) in [6.45, 7) is 7.34. The number of hydrogen-bond donors (Lipinski definition) is 1. The zero-order valence-corrected chi connectivity index (χ0v) is 15.2. The van der Waals surface area contributed by atoms with Crippen LogP contribution in [0.2, 0.25) is 0 Å². The number of benzene rings is 1. The number of hydrogen-bond acceptors (Lipinski definition) is 5. The lowest BCUT2D eigenvalue weighted by molar-refractivity contribution is 0.0497. The van der Waals surface area contributed by atoms with E-state index < -0.39 is 5.60 Å². The molecule has 24 heavy (non-hydrogen) atoms. The normalized spacial score (nSPS) is 15.8. The van der Waals surface area contributed by atoms with E-state index in [4.69, 9.17) is 14.2 Å². The van der Waals surface area contributed by atoms with Crippen LogP contribution in [0.4, 0.5) is 10.5 Å². The Morgan fingerprint density at radius 1 is 1.12 bits per heavy atom. The molecule has 1 N–H and O–H groups in total. The Balaban J connectivity index is 1.90. The summed E-state index contributed by atoms with van der Waals surface area (Å²) in [5.74, 6) is 1.45. The van der Waals surface area contributed by atoms with Crippen molar-refractivity contribution in [2.24, 2.45) is 0 Å². The van der Waals surface area contributed by atoms with Gasteiger partial charge in [0.05, 0.1) is 14.2 Å². The first-order valence-corrected chi connectivity index (χ1v) is 8.29. The number of nitrogens with zero attached hydrogens (tertiary/aromatic N) is 1. The lowest BCUT2D eigenvalue weighted by Crippen LogP contribution is -2.46. The predicted octanol–water partition coefficient (Wildman–Crippen LogP) is 3.20. The summed E-state index contributed by atoms with van der Waals surface area (Å²) in [6, 6.07) is 6.08. The molecule has 0 spiro atoms. The molecule has 0 aliphatic carbocycles. The Kier molecular flexibility index (Phi) is 5.80. The Hall–Kier alpha value is -2.11.